The molecule has 0 saturated carbocycles. The van der Waals surface area contributed by atoms with E-state index in [2.05, 4.69) is 27.8 Å². The Labute approximate surface area is 52.5 Å². The minimum Gasteiger partial charge on any atom is -0.348 e. The van der Waals surface area contributed by atoms with Crippen LogP contribution in [0.2, 0.25) is 0 Å². The summed E-state index contributed by atoms with van der Waals surface area (Å²) < 4.78 is 3.58. The third-order valence-electron chi connectivity index (χ3n) is 0.109. The number of halogens is 2. The summed E-state index contributed by atoms with van der Waals surface area (Å²) in [5, 5.41) is 0. The second-order valence-electron chi connectivity index (χ2n) is 0.569. The molecule has 0 aromatic rings. The van der Waals surface area contributed by atoms with Crippen molar-refractivity contribution in [3.63, 3.8) is 0 Å². The molecule has 0 aliphatic rings. The number of carbonyl (C=O) groups excluding carboxylic acids is 1. The second-order valence-corrected chi connectivity index (χ2v) is 0.723. The van der Waals surface area contributed by atoms with Crippen molar-refractivity contribution in [2.24, 2.45) is 0 Å². The van der Waals surface area contributed by atoms with Crippen LogP contribution in [0.1, 0.15) is 6.92 Å². The highest BCUT2D eigenvalue weighted by molar-refractivity contribution is 6.15. The van der Waals surface area contributed by atoms with Crippen LogP contribution in [0.3, 0.4) is 0 Å². The van der Waals surface area contributed by atoms with Crippen molar-refractivity contribution in [1.29, 1.82) is 0 Å². The van der Waals surface area contributed by atoms with Crippen molar-refractivity contribution in [3.8, 4) is 0 Å². The summed E-state index contributed by atoms with van der Waals surface area (Å²) in [6.45, 7) is 1.23. The third kappa shape index (κ3) is 23.6. The van der Waals surface area contributed by atoms with Crippen LogP contribution in [0.4, 0.5) is 0 Å². The fourth-order valence-electron chi connectivity index (χ4n) is 0. The van der Waals surface area contributed by atoms with Crippen molar-refractivity contribution in [2.45, 2.75) is 6.92 Å². The van der Waals surface area contributed by atoms with Crippen molar-refractivity contribution in [3.05, 3.63) is 0 Å². The van der Waals surface area contributed by atoms with Gasteiger partial charge in [0.15, 0.2) is 0 Å². The molecular weight excluding hydrogens is 139 g/mol. The number of rotatable bonds is 0. The van der Waals surface area contributed by atoms with Gasteiger partial charge in [0, 0.05) is 13.3 Å². The highest BCUT2D eigenvalue weighted by atomic mass is 35.5. The molecule has 0 saturated heterocycles. The second kappa shape index (κ2) is 9.41. The molecule has 0 atom stereocenters. The van der Waals surface area contributed by atoms with Gasteiger partial charge in [0.2, 0.25) is 0 Å². The first-order valence-corrected chi connectivity index (χ1v) is 2.51. The first-order chi connectivity index (χ1) is 3.27. The van der Waals surface area contributed by atoms with Crippen LogP contribution in [-0.4, -0.2) is 12.4 Å². The summed E-state index contributed by atoms with van der Waals surface area (Å²) in [7, 11) is 0. The van der Waals surface area contributed by atoms with Gasteiger partial charge in [0.1, 0.15) is 11.9 Å². The zero-order valence-electron chi connectivity index (χ0n) is 4.07. The Morgan fingerprint density at radius 2 is 1.71 bits per heavy atom. The van der Waals surface area contributed by atoms with Gasteiger partial charge >= 0.3 is 5.97 Å². The van der Waals surface area contributed by atoms with Crippen LogP contribution in [-0.2, 0) is 9.08 Å². The lowest BCUT2D eigenvalue weighted by Gasteiger charge is -1.74. The van der Waals surface area contributed by atoms with Gasteiger partial charge in [-0.05, 0) is 0 Å². The minimum absolute atomic E-state index is 0.480. The molecule has 0 aromatic heterocycles. The van der Waals surface area contributed by atoms with E-state index in [9.17, 15) is 4.79 Å². The van der Waals surface area contributed by atoms with Crippen molar-refractivity contribution >= 4 is 29.4 Å². The number of hydrogen-bond acceptors (Lipinski definition) is 2. The van der Waals surface area contributed by atoms with Crippen LogP contribution >= 0.6 is 23.5 Å². The Morgan fingerprint density at radius 3 is 1.71 bits per heavy atom. The smallest absolute Gasteiger partial charge is 0.321 e. The van der Waals surface area contributed by atoms with Crippen LogP contribution < -0.4 is 0 Å². The van der Waals surface area contributed by atoms with Gasteiger partial charge in [0.25, 0.3) is 0 Å². The predicted molar refractivity (Wildman–Crippen MR) is 29.4 cm³/mol. The third-order valence-corrected chi connectivity index (χ3v) is 0.326. The van der Waals surface area contributed by atoms with Gasteiger partial charge in [-0.3, -0.25) is 4.79 Å². The summed E-state index contributed by atoms with van der Waals surface area (Å²) in [6.07, 6.45) is 1.47. The van der Waals surface area contributed by atoms with E-state index >= 15 is 0 Å². The summed E-state index contributed by atoms with van der Waals surface area (Å²) in [5.74, 6) is -0.480. The Hall–Kier alpha value is 0.0500. The maximum absolute atomic E-state index is 9.46. The average Bonchev–Trinajstić information content (AvgIpc) is 1.73. The molecule has 0 heterocycles. The standard InChI is InChI=1S/C2H3ClO2.CH3Cl/c1-2(4)5-3;1-2/h1H3;1H3. The quantitative estimate of drug-likeness (QED) is 0.483. The lowest BCUT2D eigenvalue weighted by molar-refractivity contribution is -0.131. The minimum atomic E-state index is -0.480. The lowest BCUT2D eigenvalue weighted by Crippen LogP contribution is -1.82. The summed E-state index contributed by atoms with van der Waals surface area (Å²) >= 11 is 9.13. The van der Waals surface area contributed by atoms with E-state index in [4.69, 9.17) is 0 Å². The first kappa shape index (κ1) is 10.1. The molecule has 0 unspecified atom stereocenters. The van der Waals surface area contributed by atoms with Crippen LogP contribution in [0, 0.1) is 0 Å². The normalized spacial score (nSPS) is 5.71. The summed E-state index contributed by atoms with van der Waals surface area (Å²) in [4.78, 5) is 9.46. The molecule has 0 spiro atoms. The van der Waals surface area contributed by atoms with E-state index < -0.39 is 5.97 Å². The molecule has 0 radical (unpaired) electrons. The molecule has 0 aliphatic heterocycles. The van der Waals surface area contributed by atoms with Gasteiger partial charge in [0.05, 0.1) is 0 Å². The lowest BCUT2D eigenvalue weighted by atomic mass is 10.9. The maximum atomic E-state index is 9.46. The highest BCUT2D eigenvalue weighted by Crippen LogP contribution is 1.75. The fourth-order valence-corrected chi connectivity index (χ4v) is 0. The Morgan fingerprint density at radius 1 is 1.57 bits per heavy atom. The molecule has 2 nitrogen and oxygen atoms in total. The molecule has 0 N–H and O–H groups in total. The van der Waals surface area contributed by atoms with E-state index in [1.165, 1.54) is 13.3 Å². The number of carbonyl (C=O) groups is 1. The van der Waals surface area contributed by atoms with Crippen molar-refractivity contribution in [1.82, 2.24) is 0 Å². The van der Waals surface area contributed by atoms with E-state index in [1.807, 2.05) is 0 Å². The zero-order valence-corrected chi connectivity index (χ0v) is 5.58. The van der Waals surface area contributed by atoms with Crippen LogP contribution in [0.15, 0.2) is 0 Å². The van der Waals surface area contributed by atoms with Crippen molar-refractivity contribution in [2.75, 3.05) is 6.38 Å². The molecule has 0 amide bonds. The van der Waals surface area contributed by atoms with E-state index in [0.717, 1.165) is 0 Å². The largest absolute Gasteiger partial charge is 0.348 e. The molecule has 44 valence electrons. The predicted octanol–water partition coefficient (Wildman–Crippen LogP) is 1.56. The molecule has 0 rings (SSSR count). The van der Waals surface area contributed by atoms with Crippen LogP contribution in [0.5, 0.6) is 0 Å². The molecule has 4 heteroatoms. The van der Waals surface area contributed by atoms with Gasteiger partial charge in [-0.15, -0.1) is 11.6 Å². The van der Waals surface area contributed by atoms with Crippen LogP contribution in [0.25, 0.3) is 0 Å². The van der Waals surface area contributed by atoms with E-state index in [1.54, 1.807) is 0 Å². The van der Waals surface area contributed by atoms with Gasteiger partial charge in [-0.25, -0.2) is 0 Å². The van der Waals surface area contributed by atoms with Crippen molar-refractivity contribution < 1.29 is 9.08 Å². The number of hydrogen-bond donors (Lipinski definition) is 0. The highest BCUT2D eigenvalue weighted by Gasteiger charge is 1.79. The zero-order chi connectivity index (χ0) is 6.28. The van der Waals surface area contributed by atoms with Gasteiger partial charge < -0.3 is 4.29 Å². The summed E-state index contributed by atoms with van der Waals surface area (Å²) in [5.41, 5.74) is 0. The maximum Gasteiger partial charge on any atom is 0.321 e. The molecule has 0 aromatic carbocycles. The Balaban J connectivity index is 0. The van der Waals surface area contributed by atoms with Gasteiger partial charge in [-0.1, -0.05) is 0 Å². The number of alkyl halides is 1. The SMILES string of the molecule is CC(=O)OCl.CCl. The fraction of sp³-hybridized carbons (Fsp3) is 0.667. The molecule has 0 bridgehead atoms. The first-order valence-electron chi connectivity index (χ1n) is 1.44. The summed E-state index contributed by atoms with van der Waals surface area (Å²) in [6, 6.07) is 0. The molecule has 7 heavy (non-hydrogen) atoms. The molecule has 0 fully saturated rings. The van der Waals surface area contributed by atoms with E-state index in [-0.39, 0.29) is 0 Å². The molecule has 0 aliphatic carbocycles. The van der Waals surface area contributed by atoms with E-state index in [0.29, 0.717) is 0 Å². The molecular formula is C3H6Cl2O2. The monoisotopic (exact) mass is 144 g/mol. The van der Waals surface area contributed by atoms with Gasteiger partial charge in [-0.2, -0.15) is 0 Å². The topological polar surface area (TPSA) is 26.3 Å². The Bertz CT molecular complexity index is 46.2. The average molecular weight is 145 g/mol. The Kier molecular flexibility index (Phi) is 13.6.